The van der Waals surface area contributed by atoms with Crippen LogP contribution in [0.4, 0.5) is 10.1 Å². The van der Waals surface area contributed by atoms with E-state index < -0.39 is 0 Å². The predicted molar refractivity (Wildman–Crippen MR) is 74.8 cm³/mol. The first kappa shape index (κ1) is 13.6. The van der Waals surface area contributed by atoms with Gasteiger partial charge in [-0.15, -0.1) is 0 Å². The monoisotopic (exact) mass is 262 g/mol. The van der Waals surface area contributed by atoms with Gasteiger partial charge in [0.05, 0.1) is 12.3 Å². The Bertz CT molecular complexity index is 481. The maximum absolute atomic E-state index is 12.8. The second-order valence-electron chi connectivity index (χ2n) is 4.59. The summed E-state index contributed by atoms with van der Waals surface area (Å²) in [6.07, 6.45) is 1.68. The number of anilines is 1. The summed E-state index contributed by atoms with van der Waals surface area (Å²) in [6.45, 7) is 3.74. The summed E-state index contributed by atoms with van der Waals surface area (Å²) in [4.78, 5) is 2.08. The van der Waals surface area contributed by atoms with Crippen molar-refractivity contribution in [2.75, 3.05) is 25.0 Å². The van der Waals surface area contributed by atoms with E-state index in [1.54, 1.807) is 18.4 Å². The molecule has 0 radical (unpaired) electrons. The summed E-state index contributed by atoms with van der Waals surface area (Å²) in [5.41, 5.74) is 1.01. The third-order valence-electron chi connectivity index (χ3n) is 3.14. The van der Waals surface area contributed by atoms with Gasteiger partial charge in [0.2, 0.25) is 0 Å². The van der Waals surface area contributed by atoms with Crippen molar-refractivity contribution in [1.82, 2.24) is 5.32 Å². The van der Waals surface area contributed by atoms with Crippen LogP contribution in [0.25, 0.3) is 0 Å². The summed E-state index contributed by atoms with van der Waals surface area (Å²) in [6, 6.07) is 10.6. The minimum atomic E-state index is -0.207. The van der Waals surface area contributed by atoms with Gasteiger partial charge in [0.25, 0.3) is 0 Å². The molecule has 1 aromatic carbocycles. The first-order chi connectivity index (χ1) is 9.16. The van der Waals surface area contributed by atoms with Gasteiger partial charge in [-0.25, -0.2) is 4.39 Å². The lowest BCUT2D eigenvalue weighted by Crippen LogP contribution is -2.30. The van der Waals surface area contributed by atoms with Crippen LogP contribution in [0.1, 0.15) is 18.7 Å². The fourth-order valence-electron chi connectivity index (χ4n) is 1.91. The van der Waals surface area contributed by atoms with Crippen LogP contribution in [0, 0.1) is 5.82 Å². The van der Waals surface area contributed by atoms with E-state index in [9.17, 15) is 4.39 Å². The molecule has 0 aliphatic heterocycles. The molecule has 0 fully saturated rings. The summed E-state index contributed by atoms with van der Waals surface area (Å²) < 4.78 is 18.2. The van der Waals surface area contributed by atoms with Crippen molar-refractivity contribution < 1.29 is 8.81 Å². The minimum Gasteiger partial charge on any atom is -0.468 e. The SMILES string of the molecule is CC(NCCN(C)c1ccc(F)cc1)c1ccco1. The van der Waals surface area contributed by atoms with Gasteiger partial charge in [-0.2, -0.15) is 0 Å². The number of rotatable bonds is 6. The quantitative estimate of drug-likeness (QED) is 0.866. The van der Waals surface area contributed by atoms with Crippen LogP contribution < -0.4 is 10.2 Å². The van der Waals surface area contributed by atoms with Crippen LogP contribution in [0.5, 0.6) is 0 Å². The number of furan rings is 1. The maximum atomic E-state index is 12.8. The van der Waals surface area contributed by atoms with Crippen molar-refractivity contribution in [3.8, 4) is 0 Å². The highest BCUT2D eigenvalue weighted by Crippen LogP contribution is 2.14. The van der Waals surface area contributed by atoms with Crippen molar-refractivity contribution >= 4 is 5.69 Å². The fraction of sp³-hybridized carbons (Fsp3) is 0.333. The molecule has 19 heavy (non-hydrogen) atoms. The molecule has 0 aliphatic carbocycles. The highest BCUT2D eigenvalue weighted by atomic mass is 19.1. The zero-order chi connectivity index (χ0) is 13.7. The first-order valence-corrected chi connectivity index (χ1v) is 6.40. The second-order valence-corrected chi connectivity index (χ2v) is 4.59. The zero-order valence-corrected chi connectivity index (χ0v) is 11.3. The highest BCUT2D eigenvalue weighted by Gasteiger charge is 2.07. The van der Waals surface area contributed by atoms with Crippen molar-refractivity contribution in [2.24, 2.45) is 0 Å². The van der Waals surface area contributed by atoms with Gasteiger partial charge in [-0.3, -0.25) is 0 Å². The van der Waals surface area contributed by atoms with Crippen LogP contribution in [0.15, 0.2) is 47.1 Å². The van der Waals surface area contributed by atoms with E-state index in [1.807, 2.05) is 19.2 Å². The Labute approximate surface area is 113 Å². The molecule has 0 saturated carbocycles. The molecule has 1 unspecified atom stereocenters. The summed E-state index contributed by atoms with van der Waals surface area (Å²) >= 11 is 0. The van der Waals surface area contributed by atoms with E-state index in [1.165, 1.54) is 12.1 Å². The molecule has 3 nitrogen and oxygen atoms in total. The van der Waals surface area contributed by atoms with Crippen LogP contribution in [0.3, 0.4) is 0 Å². The average Bonchev–Trinajstić information content (AvgIpc) is 2.93. The summed E-state index contributed by atoms with van der Waals surface area (Å²) in [5, 5.41) is 3.39. The first-order valence-electron chi connectivity index (χ1n) is 6.40. The Hall–Kier alpha value is -1.81. The van der Waals surface area contributed by atoms with Crippen molar-refractivity contribution in [3.05, 3.63) is 54.2 Å². The zero-order valence-electron chi connectivity index (χ0n) is 11.3. The van der Waals surface area contributed by atoms with E-state index in [-0.39, 0.29) is 11.9 Å². The number of benzene rings is 1. The molecule has 0 bridgehead atoms. The topological polar surface area (TPSA) is 28.4 Å². The van der Waals surface area contributed by atoms with Crippen LogP contribution in [-0.4, -0.2) is 20.1 Å². The third-order valence-corrected chi connectivity index (χ3v) is 3.14. The molecule has 102 valence electrons. The molecule has 0 aliphatic rings. The molecule has 2 rings (SSSR count). The lowest BCUT2D eigenvalue weighted by atomic mass is 10.2. The molecular formula is C15H19FN2O. The Morgan fingerprint density at radius 3 is 2.63 bits per heavy atom. The number of nitrogens with zero attached hydrogens (tertiary/aromatic N) is 1. The van der Waals surface area contributed by atoms with E-state index in [4.69, 9.17) is 4.42 Å². The Morgan fingerprint density at radius 2 is 2.00 bits per heavy atom. The molecule has 0 saturated heterocycles. The summed E-state index contributed by atoms with van der Waals surface area (Å²) in [7, 11) is 1.99. The van der Waals surface area contributed by atoms with Crippen molar-refractivity contribution in [2.45, 2.75) is 13.0 Å². The Morgan fingerprint density at radius 1 is 1.26 bits per heavy atom. The smallest absolute Gasteiger partial charge is 0.123 e. The molecule has 1 N–H and O–H groups in total. The van der Waals surface area contributed by atoms with Crippen molar-refractivity contribution in [3.63, 3.8) is 0 Å². The highest BCUT2D eigenvalue weighted by molar-refractivity contribution is 5.45. The van der Waals surface area contributed by atoms with Crippen molar-refractivity contribution in [1.29, 1.82) is 0 Å². The van der Waals surface area contributed by atoms with Gasteiger partial charge < -0.3 is 14.6 Å². The lowest BCUT2D eigenvalue weighted by molar-refractivity contribution is 0.433. The van der Waals surface area contributed by atoms with E-state index in [0.29, 0.717) is 0 Å². The predicted octanol–water partition coefficient (Wildman–Crippen LogP) is 3.21. The number of likely N-dealkylation sites (N-methyl/N-ethyl adjacent to an activating group) is 1. The molecule has 0 amide bonds. The molecule has 0 spiro atoms. The standard InChI is InChI=1S/C15H19FN2O/c1-12(15-4-3-11-19-15)17-9-10-18(2)14-7-5-13(16)6-8-14/h3-8,11-12,17H,9-10H2,1-2H3. The van der Waals surface area contributed by atoms with Gasteiger partial charge in [0.1, 0.15) is 11.6 Å². The Kier molecular flexibility index (Phi) is 4.58. The molecule has 4 heteroatoms. The van der Waals surface area contributed by atoms with Gasteiger partial charge in [-0.1, -0.05) is 0 Å². The van der Waals surface area contributed by atoms with E-state index in [2.05, 4.69) is 17.1 Å². The van der Waals surface area contributed by atoms with Crippen LogP contribution in [0.2, 0.25) is 0 Å². The summed E-state index contributed by atoms with van der Waals surface area (Å²) in [5.74, 6) is 0.728. The van der Waals surface area contributed by atoms with E-state index in [0.717, 1.165) is 24.5 Å². The molecular weight excluding hydrogens is 243 g/mol. The molecule has 1 heterocycles. The molecule has 1 aromatic heterocycles. The maximum Gasteiger partial charge on any atom is 0.123 e. The molecule has 2 aromatic rings. The number of nitrogens with one attached hydrogen (secondary N) is 1. The van der Waals surface area contributed by atoms with Gasteiger partial charge in [-0.05, 0) is 43.3 Å². The minimum absolute atomic E-state index is 0.191. The molecule has 1 atom stereocenters. The van der Waals surface area contributed by atoms with Gasteiger partial charge in [0, 0.05) is 25.8 Å². The van der Waals surface area contributed by atoms with Gasteiger partial charge in [0.15, 0.2) is 0 Å². The van der Waals surface area contributed by atoms with Crippen LogP contribution >= 0.6 is 0 Å². The number of halogens is 1. The van der Waals surface area contributed by atoms with E-state index >= 15 is 0 Å². The third kappa shape index (κ3) is 3.83. The normalized spacial score (nSPS) is 12.4. The average molecular weight is 262 g/mol. The number of hydrogen-bond donors (Lipinski definition) is 1. The lowest BCUT2D eigenvalue weighted by Gasteiger charge is -2.20. The largest absolute Gasteiger partial charge is 0.468 e. The van der Waals surface area contributed by atoms with Crippen LogP contribution in [-0.2, 0) is 0 Å². The number of hydrogen-bond acceptors (Lipinski definition) is 3. The second kappa shape index (κ2) is 6.38. The Balaban J connectivity index is 1.77. The van der Waals surface area contributed by atoms with Gasteiger partial charge >= 0.3 is 0 Å². The fourth-order valence-corrected chi connectivity index (χ4v) is 1.91.